The van der Waals surface area contributed by atoms with E-state index in [1.54, 1.807) is 0 Å². The highest BCUT2D eigenvalue weighted by atomic mass is 127. The summed E-state index contributed by atoms with van der Waals surface area (Å²) in [5, 5.41) is 1.81. The molecule has 0 saturated carbocycles. The monoisotopic (exact) mass is 303 g/mol. The SMILES string of the molecule is Cc1cc(Cl)c2cccc(I)c2n1. The van der Waals surface area contributed by atoms with Crippen LogP contribution in [0.15, 0.2) is 24.3 Å². The minimum Gasteiger partial charge on any atom is -0.252 e. The van der Waals surface area contributed by atoms with E-state index in [1.165, 1.54) is 0 Å². The van der Waals surface area contributed by atoms with Gasteiger partial charge in [-0.2, -0.15) is 0 Å². The second-order valence-electron chi connectivity index (χ2n) is 2.88. The van der Waals surface area contributed by atoms with E-state index in [4.69, 9.17) is 11.6 Å². The van der Waals surface area contributed by atoms with Crippen molar-refractivity contribution in [2.24, 2.45) is 0 Å². The minimum atomic E-state index is 0.779. The average Bonchev–Trinajstić information content (AvgIpc) is 2.07. The molecule has 0 fully saturated rings. The molecule has 0 atom stereocenters. The fourth-order valence-electron chi connectivity index (χ4n) is 1.29. The van der Waals surface area contributed by atoms with E-state index in [2.05, 4.69) is 27.6 Å². The summed E-state index contributed by atoms with van der Waals surface area (Å²) in [4.78, 5) is 4.44. The zero-order valence-electron chi connectivity index (χ0n) is 7.01. The van der Waals surface area contributed by atoms with Crippen molar-refractivity contribution < 1.29 is 0 Å². The number of halogens is 2. The van der Waals surface area contributed by atoms with Gasteiger partial charge in [0.2, 0.25) is 0 Å². The predicted octanol–water partition coefficient (Wildman–Crippen LogP) is 3.80. The van der Waals surface area contributed by atoms with Crippen LogP contribution in [0.1, 0.15) is 5.69 Å². The molecule has 1 aromatic carbocycles. The third-order valence-electron chi connectivity index (χ3n) is 1.87. The molecule has 2 aromatic rings. The molecule has 1 nitrogen and oxygen atoms in total. The number of hydrogen-bond acceptors (Lipinski definition) is 1. The second kappa shape index (κ2) is 3.42. The number of aryl methyl sites for hydroxylation is 1. The molecule has 0 aliphatic carbocycles. The molecular weight excluding hydrogens is 296 g/mol. The summed E-state index contributed by atoms with van der Waals surface area (Å²) in [5.41, 5.74) is 1.95. The van der Waals surface area contributed by atoms with Crippen molar-refractivity contribution in [1.82, 2.24) is 4.98 Å². The lowest BCUT2D eigenvalue weighted by atomic mass is 10.2. The van der Waals surface area contributed by atoms with Gasteiger partial charge in [0.1, 0.15) is 0 Å². The quantitative estimate of drug-likeness (QED) is 0.675. The van der Waals surface area contributed by atoms with Crippen LogP contribution in [0.4, 0.5) is 0 Å². The van der Waals surface area contributed by atoms with E-state index in [-0.39, 0.29) is 0 Å². The molecule has 3 heteroatoms. The Kier molecular flexibility index (Phi) is 2.43. The summed E-state index contributed by atoms with van der Waals surface area (Å²) in [6, 6.07) is 7.91. The minimum absolute atomic E-state index is 0.779. The van der Waals surface area contributed by atoms with Crippen LogP contribution in [0.2, 0.25) is 5.02 Å². The Morgan fingerprint density at radius 3 is 2.92 bits per heavy atom. The van der Waals surface area contributed by atoms with Gasteiger partial charge in [-0.15, -0.1) is 0 Å². The first-order valence-electron chi connectivity index (χ1n) is 3.90. The van der Waals surface area contributed by atoms with E-state index in [1.807, 2.05) is 31.2 Å². The standard InChI is InChI=1S/C10H7ClIN/c1-6-5-8(11)7-3-2-4-9(12)10(7)13-6/h2-5H,1H3. The first kappa shape index (κ1) is 9.21. The van der Waals surface area contributed by atoms with E-state index < -0.39 is 0 Å². The van der Waals surface area contributed by atoms with Crippen LogP contribution in [0.3, 0.4) is 0 Å². The van der Waals surface area contributed by atoms with Gasteiger partial charge in [-0.05, 0) is 41.6 Å². The summed E-state index contributed by atoms with van der Waals surface area (Å²) in [6.07, 6.45) is 0. The van der Waals surface area contributed by atoms with Crippen molar-refractivity contribution in [3.05, 3.63) is 38.6 Å². The highest BCUT2D eigenvalue weighted by Gasteiger charge is 2.03. The van der Waals surface area contributed by atoms with Gasteiger partial charge < -0.3 is 0 Å². The number of rotatable bonds is 0. The molecule has 0 amide bonds. The molecule has 0 N–H and O–H groups in total. The van der Waals surface area contributed by atoms with E-state index >= 15 is 0 Å². The average molecular weight is 304 g/mol. The van der Waals surface area contributed by atoms with E-state index in [0.29, 0.717) is 0 Å². The van der Waals surface area contributed by atoms with Gasteiger partial charge in [0, 0.05) is 14.7 Å². The van der Waals surface area contributed by atoms with Crippen LogP contribution in [-0.4, -0.2) is 4.98 Å². The predicted molar refractivity (Wildman–Crippen MR) is 64.2 cm³/mol. The van der Waals surface area contributed by atoms with Crippen LogP contribution in [0, 0.1) is 10.5 Å². The van der Waals surface area contributed by atoms with Crippen LogP contribution in [0.25, 0.3) is 10.9 Å². The molecule has 2 rings (SSSR count). The maximum atomic E-state index is 6.09. The van der Waals surface area contributed by atoms with Crippen molar-refractivity contribution in [3.8, 4) is 0 Å². The number of fused-ring (bicyclic) bond motifs is 1. The molecule has 0 spiro atoms. The third kappa shape index (κ3) is 1.65. The van der Waals surface area contributed by atoms with Crippen LogP contribution >= 0.6 is 34.2 Å². The lowest BCUT2D eigenvalue weighted by molar-refractivity contribution is 1.25. The zero-order valence-corrected chi connectivity index (χ0v) is 9.93. The second-order valence-corrected chi connectivity index (χ2v) is 4.45. The number of para-hydroxylation sites is 1. The van der Waals surface area contributed by atoms with Crippen LogP contribution < -0.4 is 0 Å². The summed E-state index contributed by atoms with van der Waals surface area (Å²) >= 11 is 8.36. The Morgan fingerprint density at radius 1 is 1.38 bits per heavy atom. The van der Waals surface area contributed by atoms with E-state index in [9.17, 15) is 0 Å². The van der Waals surface area contributed by atoms with Crippen molar-refractivity contribution in [3.63, 3.8) is 0 Å². The van der Waals surface area contributed by atoms with Gasteiger partial charge in [-0.25, -0.2) is 0 Å². The molecule has 0 aliphatic heterocycles. The third-order valence-corrected chi connectivity index (χ3v) is 3.05. The van der Waals surface area contributed by atoms with Gasteiger partial charge in [0.25, 0.3) is 0 Å². The van der Waals surface area contributed by atoms with Crippen molar-refractivity contribution in [2.75, 3.05) is 0 Å². The van der Waals surface area contributed by atoms with Crippen LogP contribution in [0.5, 0.6) is 0 Å². The van der Waals surface area contributed by atoms with Crippen molar-refractivity contribution in [2.45, 2.75) is 6.92 Å². The Morgan fingerprint density at radius 2 is 2.15 bits per heavy atom. The molecule has 13 heavy (non-hydrogen) atoms. The molecule has 0 unspecified atom stereocenters. The maximum absolute atomic E-state index is 6.09. The van der Waals surface area contributed by atoms with Gasteiger partial charge in [-0.1, -0.05) is 23.7 Å². The molecule has 1 heterocycles. The lowest BCUT2D eigenvalue weighted by Gasteiger charge is -2.02. The largest absolute Gasteiger partial charge is 0.252 e. The normalized spacial score (nSPS) is 10.7. The van der Waals surface area contributed by atoms with Gasteiger partial charge in [0.15, 0.2) is 0 Å². The summed E-state index contributed by atoms with van der Waals surface area (Å²) in [7, 11) is 0. The fourth-order valence-corrected chi connectivity index (χ4v) is 2.22. The van der Waals surface area contributed by atoms with Crippen molar-refractivity contribution >= 4 is 45.1 Å². The molecular formula is C10H7ClIN. The summed E-state index contributed by atoms with van der Waals surface area (Å²) in [5.74, 6) is 0. The first-order chi connectivity index (χ1) is 6.18. The van der Waals surface area contributed by atoms with Gasteiger partial charge in [0.05, 0.1) is 10.5 Å². The lowest BCUT2D eigenvalue weighted by Crippen LogP contribution is -1.86. The first-order valence-corrected chi connectivity index (χ1v) is 5.35. The maximum Gasteiger partial charge on any atom is 0.0853 e. The Bertz CT molecular complexity index is 468. The zero-order chi connectivity index (χ0) is 9.42. The molecule has 0 aliphatic rings. The van der Waals surface area contributed by atoms with Gasteiger partial charge >= 0.3 is 0 Å². The number of aromatic nitrogens is 1. The Hall–Kier alpha value is -0.350. The van der Waals surface area contributed by atoms with E-state index in [0.717, 1.165) is 25.2 Å². The fraction of sp³-hybridized carbons (Fsp3) is 0.100. The Labute approximate surface area is 95.3 Å². The van der Waals surface area contributed by atoms with Crippen LogP contribution in [-0.2, 0) is 0 Å². The Balaban J connectivity index is 2.94. The van der Waals surface area contributed by atoms with Gasteiger partial charge in [-0.3, -0.25) is 4.98 Å². The number of hydrogen-bond donors (Lipinski definition) is 0. The van der Waals surface area contributed by atoms with Crippen molar-refractivity contribution in [1.29, 1.82) is 0 Å². The molecule has 0 bridgehead atoms. The summed E-state index contributed by atoms with van der Waals surface area (Å²) in [6.45, 7) is 1.95. The summed E-state index contributed by atoms with van der Waals surface area (Å²) < 4.78 is 1.14. The number of nitrogens with zero attached hydrogens (tertiary/aromatic N) is 1. The molecule has 0 radical (unpaired) electrons. The molecule has 1 aromatic heterocycles. The highest BCUT2D eigenvalue weighted by Crippen LogP contribution is 2.25. The highest BCUT2D eigenvalue weighted by molar-refractivity contribution is 14.1. The topological polar surface area (TPSA) is 12.9 Å². The number of pyridine rings is 1. The molecule has 66 valence electrons. The number of benzene rings is 1. The molecule has 0 saturated heterocycles. The smallest absolute Gasteiger partial charge is 0.0853 e.